The van der Waals surface area contributed by atoms with Crippen LogP contribution in [-0.2, 0) is 0 Å². The van der Waals surface area contributed by atoms with Crippen LogP contribution in [-0.4, -0.2) is 16.1 Å². The number of rotatable bonds is 4. The van der Waals surface area contributed by atoms with Crippen LogP contribution in [0, 0.1) is 12.8 Å². The Bertz CT molecular complexity index is 560. The SMILES string of the molecule is Cc1cc(Cl)ccc1-n1cncc1C(CN)C(C)C. The van der Waals surface area contributed by atoms with Crippen molar-refractivity contribution in [3.63, 3.8) is 0 Å². The molecule has 0 fully saturated rings. The molecule has 0 radical (unpaired) electrons. The van der Waals surface area contributed by atoms with Crippen LogP contribution in [0.1, 0.15) is 31.0 Å². The van der Waals surface area contributed by atoms with Crippen molar-refractivity contribution < 1.29 is 0 Å². The van der Waals surface area contributed by atoms with Gasteiger partial charge in [0.2, 0.25) is 0 Å². The Hall–Kier alpha value is -1.32. The topological polar surface area (TPSA) is 43.8 Å². The van der Waals surface area contributed by atoms with Gasteiger partial charge in [-0.1, -0.05) is 25.4 Å². The van der Waals surface area contributed by atoms with Gasteiger partial charge in [-0.3, -0.25) is 0 Å². The minimum Gasteiger partial charge on any atom is -0.330 e. The molecular weight excluding hydrogens is 258 g/mol. The van der Waals surface area contributed by atoms with E-state index in [1.165, 1.54) is 0 Å². The molecule has 102 valence electrons. The van der Waals surface area contributed by atoms with Crippen LogP contribution in [0.2, 0.25) is 5.02 Å². The molecule has 0 amide bonds. The highest BCUT2D eigenvalue weighted by molar-refractivity contribution is 6.30. The Morgan fingerprint density at radius 2 is 2.11 bits per heavy atom. The summed E-state index contributed by atoms with van der Waals surface area (Å²) in [6, 6.07) is 5.89. The van der Waals surface area contributed by atoms with E-state index in [1.807, 2.05) is 30.7 Å². The van der Waals surface area contributed by atoms with Crippen LogP contribution in [0.3, 0.4) is 0 Å². The smallest absolute Gasteiger partial charge is 0.0994 e. The lowest BCUT2D eigenvalue weighted by molar-refractivity contribution is 0.489. The molecule has 0 bridgehead atoms. The molecule has 0 aliphatic carbocycles. The molecular formula is C15H20ClN3. The molecule has 0 aliphatic heterocycles. The molecule has 3 nitrogen and oxygen atoms in total. The highest BCUT2D eigenvalue weighted by Gasteiger charge is 2.19. The van der Waals surface area contributed by atoms with E-state index in [-0.39, 0.29) is 0 Å². The van der Waals surface area contributed by atoms with E-state index in [1.54, 1.807) is 0 Å². The molecule has 4 heteroatoms. The van der Waals surface area contributed by atoms with Crippen LogP contribution in [0.15, 0.2) is 30.7 Å². The molecule has 0 aliphatic rings. The summed E-state index contributed by atoms with van der Waals surface area (Å²) >= 11 is 6.01. The molecule has 2 aromatic rings. The Balaban J connectivity index is 2.49. The van der Waals surface area contributed by atoms with Gasteiger partial charge in [0.15, 0.2) is 0 Å². The van der Waals surface area contributed by atoms with Gasteiger partial charge >= 0.3 is 0 Å². The second-order valence-corrected chi connectivity index (χ2v) is 5.64. The molecule has 1 atom stereocenters. The van der Waals surface area contributed by atoms with Crippen LogP contribution in [0.4, 0.5) is 0 Å². The Morgan fingerprint density at radius 1 is 1.37 bits per heavy atom. The largest absolute Gasteiger partial charge is 0.330 e. The maximum Gasteiger partial charge on any atom is 0.0994 e. The second-order valence-electron chi connectivity index (χ2n) is 5.21. The summed E-state index contributed by atoms with van der Waals surface area (Å²) in [6.45, 7) is 7.04. The summed E-state index contributed by atoms with van der Waals surface area (Å²) in [5.41, 5.74) is 9.31. The molecule has 1 aromatic heterocycles. The molecule has 2 rings (SSSR count). The van der Waals surface area contributed by atoms with Crippen molar-refractivity contribution >= 4 is 11.6 Å². The summed E-state index contributed by atoms with van der Waals surface area (Å²) in [6.07, 6.45) is 3.75. The van der Waals surface area contributed by atoms with Crippen molar-refractivity contribution in [3.8, 4) is 5.69 Å². The first-order valence-electron chi connectivity index (χ1n) is 6.53. The quantitative estimate of drug-likeness (QED) is 0.929. The lowest BCUT2D eigenvalue weighted by Crippen LogP contribution is -2.20. The Labute approximate surface area is 119 Å². The van der Waals surface area contributed by atoms with Crippen molar-refractivity contribution in [2.75, 3.05) is 6.54 Å². The first-order chi connectivity index (χ1) is 9.04. The molecule has 0 spiro atoms. The van der Waals surface area contributed by atoms with Gasteiger partial charge in [0.25, 0.3) is 0 Å². The first kappa shape index (κ1) is 14.1. The van der Waals surface area contributed by atoms with E-state index in [0.29, 0.717) is 18.4 Å². The van der Waals surface area contributed by atoms with E-state index in [9.17, 15) is 0 Å². The fourth-order valence-corrected chi connectivity index (χ4v) is 2.63. The molecule has 2 N–H and O–H groups in total. The van der Waals surface area contributed by atoms with Gasteiger partial charge in [-0.25, -0.2) is 4.98 Å². The van der Waals surface area contributed by atoms with Crippen LogP contribution in [0.25, 0.3) is 5.69 Å². The summed E-state index contributed by atoms with van der Waals surface area (Å²) in [5.74, 6) is 0.783. The zero-order valence-corrected chi connectivity index (χ0v) is 12.4. The number of halogens is 1. The number of nitrogens with two attached hydrogens (primary N) is 1. The van der Waals surface area contributed by atoms with Gasteiger partial charge in [0.1, 0.15) is 0 Å². The number of nitrogens with zero attached hydrogens (tertiary/aromatic N) is 2. The number of hydrogen-bond acceptors (Lipinski definition) is 2. The molecule has 1 unspecified atom stereocenters. The Morgan fingerprint density at radius 3 is 2.68 bits per heavy atom. The number of imidazole rings is 1. The van der Waals surface area contributed by atoms with Crippen molar-refractivity contribution in [2.24, 2.45) is 11.7 Å². The summed E-state index contributed by atoms with van der Waals surface area (Å²) < 4.78 is 2.11. The first-order valence-corrected chi connectivity index (χ1v) is 6.91. The third-order valence-electron chi connectivity index (χ3n) is 3.52. The molecule has 1 aromatic carbocycles. The van der Waals surface area contributed by atoms with Crippen molar-refractivity contribution in [1.82, 2.24) is 9.55 Å². The van der Waals surface area contributed by atoms with Crippen molar-refractivity contribution in [1.29, 1.82) is 0 Å². The van der Waals surface area contributed by atoms with Crippen LogP contribution >= 0.6 is 11.6 Å². The maximum atomic E-state index is 6.01. The molecule has 0 saturated heterocycles. The normalized spacial score (nSPS) is 12.9. The lowest BCUT2D eigenvalue weighted by atomic mass is 9.93. The predicted octanol–water partition coefficient (Wildman–Crippen LogP) is 3.53. The number of hydrogen-bond donors (Lipinski definition) is 1. The van der Waals surface area contributed by atoms with E-state index < -0.39 is 0 Å². The third kappa shape index (κ3) is 2.82. The van der Waals surface area contributed by atoms with E-state index in [2.05, 4.69) is 30.3 Å². The van der Waals surface area contributed by atoms with E-state index in [0.717, 1.165) is 22.0 Å². The fourth-order valence-electron chi connectivity index (χ4n) is 2.40. The number of aromatic nitrogens is 2. The minimum absolute atomic E-state index is 0.303. The van der Waals surface area contributed by atoms with Gasteiger partial charge in [0, 0.05) is 35.1 Å². The minimum atomic E-state index is 0.303. The zero-order valence-electron chi connectivity index (χ0n) is 11.6. The second kappa shape index (κ2) is 5.76. The molecule has 0 saturated carbocycles. The summed E-state index contributed by atoms with van der Waals surface area (Å²) in [7, 11) is 0. The van der Waals surface area contributed by atoms with Crippen molar-refractivity contribution in [3.05, 3.63) is 47.0 Å². The maximum absolute atomic E-state index is 6.01. The average molecular weight is 278 g/mol. The Kier molecular flexibility index (Phi) is 4.27. The summed E-state index contributed by atoms with van der Waals surface area (Å²) in [5, 5.41) is 0.752. The fraction of sp³-hybridized carbons (Fsp3) is 0.400. The lowest BCUT2D eigenvalue weighted by Gasteiger charge is -2.21. The number of aryl methyl sites for hydroxylation is 1. The molecule has 1 heterocycles. The van der Waals surface area contributed by atoms with E-state index in [4.69, 9.17) is 17.3 Å². The summed E-state index contributed by atoms with van der Waals surface area (Å²) in [4.78, 5) is 4.29. The zero-order chi connectivity index (χ0) is 14.0. The highest BCUT2D eigenvalue weighted by Crippen LogP contribution is 2.27. The third-order valence-corrected chi connectivity index (χ3v) is 3.76. The monoisotopic (exact) mass is 277 g/mol. The van der Waals surface area contributed by atoms with Gasteiger partial charge in [0.05, 0.1) is 6.33 Å². The molecule has 19 heavy (non-hydrogen) atoms. The predicted molar refractivity (Wildman–Crippen MR) is 79.9 cm³/mol. The van der Waals surface area contributed by atoms with Gasteiger partial charge < -0.3 is 10.3 Å². The van der Waals surface area contributed by atoms with Crippen LogP contribution < -0.4 is 5.73 Å². The van der Waals surface area contributed by atoms with Gasteiger partial charge in [-0.15, -0.1) is 0 Å². The average Bonchev–Trinajstić information content (AvgIpc) is 2.78. The van der Waals surface area contributed by atoms with Gasteiger partial charge in [-0.05, 0) is 36.6 Å². The number of benzene rings is 1. The van der Waals surface area contributed by atoms with Gasteiger partial charge in [-0.2, -0.15) is 0 Å². The highest BCUT2D eigenvalue weighted by atomic mass is 35.5. The standard InChI is InChI=1S/C15H20ClN3/c1-10(2)13(7-17)15-8-18-9-19(15)14-5-4-12(16)6-11(14)3/h4-6,8-10,13H,7,17H2,1-3H3. The van der Waals surface area contributed by atoms with E-state index >= 15 is 0 Å². The van der Waals surface area contributed by atoms with Crippen molar-refractivity contribution in [2.45, 2.75) is 26.7 Å². The van der Waals surface area contributed by atoms with Crippen LogP contribution in [0.5, 0.6) is 0 Å².